The lowest BCUT2D eigenvalue weighted by atomic mass is 9.75. The Bertz CT molecular complexity index is 620. The van der Waals surface area contributed by atoms with Gasteiger partial charge in [0, 0.05) is 16.2 Å². The van der Waals surface area contributed by atoms with Crippen molar-refractivity contribution in [1.82, 2.24) is 0 Å². The van der Waals surface area contributed by atoms with Crippen molar-refractivity contribution in [1.29, 1.82) is 0 Å². The average molecular weight is 351 g/mol. The molecule has 1 aliphatic carbocycles. The molecule has 2 aromatic carbocycles. The Balaban J connectivity index is 1.59. The third kappa shape index (κ3) is 3.02. The lowest BCUT2D eigenvalue weighted by Crippen LogP contribution is -2.34. The summed E-state index contributed by atoms with van der Waals surface area (Å²) < 4.78 is 0.943. The van der Waals surface area contributed by atoms with Gasteiger partial charge in [0.15, 0.2) is 0 Å². The molecule has 0 spiro atoms. The summed E-state index contributed by atoms with van der Waals surface area (Å²) in [5, 5.41) is 4.32. The van der Waals surface area contributed by atoms with Crippen LogP contribution in [0.1, 0.15) is 29.9 Å². The molecule has 0 radical (unpaired) electrons. The molecule has 104 valence electrons. The smallest absolute Gasteiger partial charge is 0.0549 e. The Morgan fingerprint density at radius 1 is 1.15 bits per heavy atom. The van der Waals surface area contributed by atoms with E-state index in [2.05, 4.69) is 52.4 Å². The molecule has 0 aromatic heterocycles. The number of hydrogen-bond acceptors (Lipinski definition) is 1. The van der Waals surface area contributed by atoms with Crippen LogP contribution in [0.5, 0.6) is 0 Å². The molecule has 0 aliphatic heterocycles. The fraction of sp³-hybridized carbons (Fsp3) is 0.294. The molecule has 1 aliphatic rings. The Morgan fingerprint density at radius 3 is 2.65 bits per heavy atom. The van der Waals surface area contributed by atoms with Gasteiger partial charge in [-0.25, -0.2) is 0 Å². The molecule has 0 unspecified atom stereocenters. The number of aryl methyl sites for hydroxylation is 1. The number of halogens is 2. The summed E-state index contributed by atoms with van der Waals surface area (Å²) in [6.07, 6.45) is 2.40. The van der Waals surface area contributed by atoms with Gasteiger partial charge < -0.3 is 5.32 Å². The second-order valence-electron chi connectivity index (χ2n) is 5.55. The molecule has 0 amide bonds. The van der Waals surface area contributed by atoms with E-state index < -0.39 is 0 Å². The average Bonchev–Trinajstić information content (AvgIpc) is 2.37. The molecule has 0 atom stereocenters. The van der Waals surface area contributed by atoms with Gasteiger partial charge >= 0.3 is 0 Å². The maximum absolute atomic E-state index is 6.01. The van der Waals surface area contributed by atoms with Gasteiger partial charge in [-0.05, 0) is 65.4 Å². The van der Waals surface area contributed by atoms with Crippen LogP contribution in [0.15, 0.2) is 46.9 Å². The summed E-state index contributed by atoms with van der Waals surface area (Å²) in [4.78, 5) is 0. The van der Waals surface area contributed by atoms with Crippen molar-refractivity contribution in [3.63, 3.8) is 0 Å². The molecular formula is C17H17BrClN. The van der Waals surface area contributed by atoms with E-state index in [0.717, 1.165) is 15.2 Å². The Labute approximate surface area is 133 Å². The van der Waals surface area contributed by atoms with Crippen LogP contribution in [-0.4, -0.2) is 6.04 Å². The summed E-state index contributed by atoms with van der Waals surface area (Å²) in [6.45, 7) is 2.16. The van der Waals surface area contributed by atoms with Gasteiger partial charge in [0.2, 0.25) is 0 Å². The molecule has 1 N–H and O–H groups in total. The highest BCUT2D eigenvalue weighted by molar-refractivity contribution is 9.10. The Morgan fingerprint density at radius 2 is 1.95 bits per heavy atom. The van der Waals surface area contributed by atoms with Crippen LogP contribution < -0.4 is 5.32 Å². The number of benzene rings is 2. The van der Waals surface area contributed by atoms with Crippen molar-refractivity contribution in [2.45, 2.75) is 31.7 Å². The van der Waals surface area contributed by atoms with Gasteiger partial charge in [0.1, 0.15) is 0 Å². The summed E-state index contributed by atoms with van der Waals surface area (Å²) in [5.41, 5.74) is 3.95. The zero-order valence-corrected chi connectivity index (χ0v) is 13.7. The summed E-state index contributed by atoms with van der Waals surface area (Å²) in [6, 6.07) is 15.4. The Kier molecular flexibility index (Phi) is 4.04. The van der Waals surface area contributed by atoms with Crippen molar-refractivity contribution >= 4 is 33.2 Å². The number of rotatable bonds is 3. The van der Waals surface area contributed by atoms with Crippen LogP contribution in [0, 0.1) is 6.92 Å². The number of hydrogen-bond donors (Lipinski definition) is 1. The third-order valence-electron chi connectivity index (χ3n) is 3.94. The molecule has 0 bridgehead atoms. The van der Waals surface area contributed by atoms with Crippen LogP contribution in [0.3, 0.4) is 0 Å². The summed E-state index contributed by atoms with van der Waals surface area (Å²) in [5.74, 6) is 0.697. The lowest BCUT2D eigenvalue weighted by Gasteiger charge is -2.37. The first-order valence-corrected chi connectivity index (χ1v) is 8.07. The number of anilines is 1. The molecule has 3 heteroatoms. The zero-order chi connectivity index (χ0) is 14.1. The third-order valence-corrected chi connectivity index (χ3v) is 5.16. The van der Waals surface area contributed by atoms with Gasteiger partial charge in [-0.2, -0.15) is 0 Å². The largest absolute Gasteiger partial charge is 0.382 e. The monoisotopic (exact) mass is 349 g/mol. The quantitative estimate of drug-likeness (QED) is 0.741. The number of nitrogens with one attached hydrogen (secondary N) is 1. The van der Waals surface area contributed by atoms with E-state index in [4.69, 9.17) is 11.6 Å². The zero-order valence-electron chi connectivity index (χ0n) is 11.4. The highest BCUT2D eigenvalue weighted by Crippen LogP contribution is 2.39. The maximum atomic E-state index is 6.01. The second-order valence-corrected chi connectivity index (χ2v) is 6.81. The first kappa shape index (κ1) is 14.0. The molecule has 2 aromatic rings. The topological polar surface area (TPSA) is 12.0 Å². The predicted molar refractivity (Wildman–Crippen MR) is 89.7 cm³/mol. The van der Waals surface area contributed by atoms with Crippen molar-refractivity contribution in [2.24, 2.45) is 0 Å². The fourth-order valence-electron chi connectivity index (χ4n) is 2.75. The van der Waals surface area contributed by atoms with Gasteiger partial charge in [0.25, 0.3) is 0 Å². The van der Waals surface area contributed by atoms with E-state index in [1.54, 1.807) is 0 Å². The fourth-order valence-corrected chi connectivity index (χ4v) is 3.25. The predicted octanol–water partition coefficient (Wildman–Crippen LogP) is 5.77. The highest BCUT2D eigenvalue weighted by atomic mass is 79.9. The van der Waals surface area contributed by atoms with Crippen molar-refractivity contribution < 1.29 is 0 Å². The first-order chi connectivity index (χ1) is 9.61. The van der Waals surface area contributed by atoms with E-state index in [0.29, 0.717) is 12.0 Å². The molecule has 3 rings (SSSR count). The lowest BCUT2D eigenvalue weighted by molar-refractivity contribution is 0.374. The van der Waals surface area contributed by atoms with E-state index >= 15 is 0 Å². The Hall–Kier alpha value is -0.990. The van der Waals surface area contributed by atoms with Gasteiger partial charge in [0.05, 0.1) is 5.02 Å². The van der Waals surface area contributed by atoms with Crippen LogP contribution >= 0.6 is 27.5 Å². The van der Waals surface area contributed by atoms with E-state index in [9.17, 15) is 0 Å². The molecule has 1 nitrogen and oxygen atoms in total. The maximum Gasteiger partial charge on any atom is 0.0549 e. The molecule has 20 heavy (non-hydrogen) atoms. The first-order valence-electron chi connectivity index (χ1n) is 6.90. The normalized spacial score (nSPS) is 21.4. The molecule has 1 saturated carbocycles. The minimum Gasteiger partial charge on any atom is -0.382 e. The SMILES string of the molecule is Cc1cccc(C2CC(Nc3ccc(Cl)c(Br)c3)C2)c1. The van der Waals surface area contributed by atoms with Crippen LogP contribution in [-0.2, 0) is 0 Å². The van der Waals surface area contributed by atoms with Crippen LogP contribution in [0.25, 0.3) is 0 Å². The molecule has 0 saturated heterocycles. The van der Waals surface area contributed by atoms with Gasteiger partial charge in [-0.3, -0.25) is 0 Å². The molecular weight excluding hydrogens is 334 g/mol. The van der Waals surface area contributed by atoms with Crippen molar-refractivity contribution in [3.05, 3.63) is 63.1 Å². The molecule has 0 heterocycles. The standard InChI is InChI=1S/C17H17BrClN/c1-11-3-2-4-12(7-11)13-8-15(9-13)20-14-5-6-17(19)16(18)10-14/h2-7,10,13,15,20H,8-9H2,1H3. The van der Waals surface area contributed by atoms with Crippen LogP contribution in [0.4, 0.5) is 5.69 Å². The highest BCUT2D eigenvalue weighted by Gasteiger charge is 2.30. The van der Waals surface area contributed by atoms with Crippen molar-refractivity contribution in [2.75, 3.05) is 5.32 Å². The summed E-state index contributed by atoms with van der Waals surface area (Å²) >= 11 is 9.47. The van der Waals surface area contributed by atoms with Crippen LogP contribution in [0.2, 0.25) is 5.02 Å². The van der Waals surface area contributed by atoms with E-state index in [1.165, 1.54) is 24.0 Å². The van der Waals surface area contributed by atoms with E-state index in [-0.39, 0.29) is 0 Å². The summed E-state index contributed by atoms with van der Waals surface area (Å²) in [7, 11) is 0. The van der Waals surface area contributed by atoms with E-state index in [1.807, 2.05) is 18.2 Å². The second kappa shape index (κ2) is 5.79. The molecule has 1 fully saturated rings. The minimum absolute atomic E-state index is 0.564. The van der Waals surface area contributed by atoms with Gasteiger partial charge in [-0.15, -0.1) is 0 Å². The van der Waals surface area contributed by atoms with Crippen molar-refractivity contribution in [3.8, 4) is 0 Å². The minimum atomic E-state index is 0.564. The van der Waals surface area contributed by atoms with Gasteiger partial charge in [-0.1, -0.05) is 41.4 Å².